The lowest BCUT2D eigenvalue weighted by molar-refractivity contribution is -0.140. The highest BCUT2D eigenvalue weighted by molar-refractivity contribution is 7.92. The molecule has 0 aromatic heterocycles. The number of unbranched alkanes of at least 4 members (excludes halogenated alkanes) is 1. The minimum absolute atomic E-state index is 0.0222. The Bertz CT molecular complexity index is 1890. The van der Waals surface area contributed by atoms with Gasteiger partial charge in [-0.1, -0.05) is 67.4 Å². The second-order valence-electron chi connectivity index (χ2n) is 11.6. The van der Waals surface area contributed by atoms with Crippen LogP contribution < -0.4 is 28.6 Å². The summed E-state index contributed by atoms with van der Waals surface area (Å²) in [6.07, 6.45) is 1.79. The minimum atomic E-state index is -4.50. The first-order valence-electron chi connectivity index (χ1n) is 16.4. The second-order valence-corrected chi connectivity index (χ2v) is 13.9. The van der Waals surface area contributed by atoms with Crippen molar-refractivity contribution in [2.45, 2.75) is 43.7 Å². The Morgan fingerprint density at radius 3 is 2.14 bits per heavy atom. The van der Waals surface area contributed by atoms with Crippen molar-refractivity contribution in [1.29, 1.82) is 0 Å². The van der Waals surface area contributed by atoms with E-state index in [0.717, 1.165) is 22.7 Å². The summed E-state index contributed by atoms with van der Waals surface area (Å²) in [6, 6.07) is 24.1. The lowest BCUT2D eigenvalue weighted by Crippen LogP contribution is -2.53. The van der Waals surface area contributed by atoms with Gasteiger partial charge in [0, 0.05) is 30.6 Å². The van der Waals surface area contributed by atoms with Crippen molar-refractivity contribution in [2.75, 3.05) is 45.8 Å². The van der Waals surface area contributed by atoms with Gasteiger partial charge in [-0.25, -0.2) is 8.42 Å². The monoisotopic (exact) mass is 737 g/mol. The molecular formula is C38H44ClN3O8S. The van der Waals surface area contributed by atoms with Crippen LogP contribution in [0, 0.1) is 0 Å². The number of sulfonamides is 1. The molecule has 1 N–H and O–H groups in total. The topological polar surface area (TPSA) is 124 Å². The molecule has 272 valence electrons. The Balaban J connectivity index is 1.88. The Morgan fingerprint density at radius 1 is 0.784 bits per heavy atom. The number of carbonyl (C=O) groups excluding carboxylic acids is 2. The second kappa shape index (κ2) is 18.3. The molecule has 0 radical (unpaired) electrons. The van der Waals surface area contributed by atoms with Crippen molar-refractivity contribution >= 4 is 39.1 Å². The first-order chi connectivity index (χ1) is 24.6. The third kappa shape index (κ3) is 9.86. The van der Waals surface area contributed by atoms with Gasteiger partial charge in [0.1, 0.15) is 24.1 Å². The molecule has 2 amide bonds. The molecule has 4 aromatic rings. The number of nitrogens with one attached hydrogen (secondary N) is 1. The summed E-state index contributed by atoms with van der Waals surface area (Å²) in [7, 11) is 1.26. The van der Waals surface area contributed by atoms with E-state index in [1.165, 1.54) is 63.7 Å². The number of benzene rings is 4. The van der Waals surface area contributed by atoms with Crippen LogP contribution in [0.1, 0.15) is 30.9 Å². The number of amides is 2. The fourth-order valence-electron chi connectivity index (χ4n) is 5.50. The molecule has 0 saturated heterocycles. The predicted octanol–water partition coefficient (Wildman–Crippen LogP) is 6.13. The zero-order chi connectivity index (χ0) is 37.0. The van der Waals surface area contributed by atoms with E-state index >= 15 is 0 Å². The number of methoxy groups -OCH3 is 4. The van der Waals surface area contributed by atoms with Crippen molar-refractivity contribution in [3.05, 3.63) is 107 Å². The highest BCUT2D eigenvalue weighted by atomic mass is 35.5. The largest absolute Gasteiger partial charge is 0.497 e. The molecule has 4 rings (SSSR count). The Morgan fingerprint density at radius 2 is 1.47 bits per heavy atom. The van der Waals surface area contributed by atoms with Gasteiger partial charge in [-0.15, -0.1) is 0 Å². The zero-order valence-corrected chi connectivity index (χ0v) is 31.0. The van der Waals surface area contributed by atoms with Crippen LogP contribution in [0.2, 0.25) is 5.02 Å². The van der Waals surface area contributed by atoms with Crippen molar-refractivity contribution < 1.29 is 37.0 Å². The fourth-order valence-corrected chi connectivity index (χ4v) is 7.10. The molecule has 11 nitrogen and oxygen atoms in total. The van der Waals surface area contributed by atoms with Gasteiger partial charge in [0.15, 0.2) is 11.5 Å². The molecule has 0 aliphatic heterocycles. The average Bonchev–Trinajstić information content (AvgIpc) is 3.15. The molecule has 4 aromatic carbocycles. The summed E-state index contributed by atoms with van der Waals surface area (Å²) < 4.78 is 51.9. The van der Waals surface area contributed by atoms with Crippen LogP contribution in [0.4, 0.5) is 5.69 Å². The van der Waals surface area contributed by atoms with Gasteiger partial charge in [-0.05, 0) is 60.0 Å². The molecule has 0 aliphatic carbocycles. The lowest BCUT2D eigenvalue weighted by Gasteiger charge is -2.34. The number of halogens is 1. The summed E-state index contributed by atoms with van der Waals surface area (Å²) in [5.74, 6) is 0.214. The van der Waals surface area contributed by atoms with Crippen LogP contribution in [0.3, 0.4) is 0 Å². The molecule has 0 unspecified atom stereocenters. The fraction of sp³-hybridized carbons (Fsp3) is 0.316. The average molecular weight is 738 g/mol. The molecule has 1 atom stereocenters. The van der Waals surface area contributed by atoms with Gasteiger partial charge >= 0.3 is 0 Å². The molecule has 0 saturated carbocycles. The van der Waals surface area contributed by atoms with Crippen molar-refractivity contribution in [1.82, 2.24) is 10.2 Å². The van der Waals surface area contributed by atoms with Gasteiger partial charge in [0.05, 0.1) is 39.0 Å². The first-order valence-corrected chi connectivity index (χ1v) is 18.2. The quantitative estimate of drug-likeness (QED) is 0.121. The highest BCUT2D eigenvalue weighted by Gasteiger charge is 2.36. The van der Waals surface area contributed by atoms with Crippen molar-refractivity contribution in [3.8, 4) is 23.0 Å². The minimum Gasteiger partial charge on any atom is -0.497 e. The standard InChI is InChI=1S/C38H44ClN3O8S/c1-6-7-20-40-38(44)33(22-27-12-9-8-10-13-27)41(25-28-14-11-15-30(21-28)47-2)37(43)26-42(32-23-29(39)16-18-34(32)48-3)51(45,46)31-17-19-35(49-4)36(24-31)50-5/h8-19,21,23-24,33H,6-7,20,22,25-26H2,1-5H3,(H,40,44)/t33-/m1/s1. The molecule has 0 fully saturated rings. The van der Waals surface area contributed by atoms with E-state index < -0.39 is 28.5 Å². The summed E-state index contributed by atoms with van der Waals surface area (Å²) >= 11 is 6.41. The Hall–Kier alpha value is -4.94. The van der Waals surface area contributed by atoms with E-state index in [2.05, 4.69) is 5.32 Å². The predicted molar refractivity (Wildman–Crippen MR) is 197 cm³/mol. The molecule has 13 heteroatoms. The van der Waals surface area contributed by atoms with Crippen LogP contribution in [0.25, 0.3) is 0 Å². The summed E-state index contributed by atoms with van der Waals surface area (Å²) in [4.78, 5) is 30.1. The number of anilines is 1. The number of nitrogens with zero attached hydrogens (tertiary/aromatic N) is 2. The summed E-state index contributed by atoms with van der Waals surface area (Å²) in [5.41, 5.74) is 1.53. The number of hydrogen-bond acceptors (Lipinski definition) is 8. The van der Waals surface area contributed by atoms with E-state index in [1.807, 2.05) is 43.3 Å². The smallest absolute Gasteiger partial charge is 0.265 e. The Labute approximate surface area is 305 Å². The maximum absolute atomic E-state index is 14.8. The molecule has 51 heavy (non-hydrogen) atoms. The zero-order valence-electron chi connectivity index (χ0n) is 29.4. The van der Waals surface area contributed by atoms with E-state index in [9.17, 15) is 18.0 Å². The third-order valence-electron chi connectivity index (χ3n) is 8.22. The molecule has 0 heterocycles. The summed E-state index contributed by atoms with van der Waals surface area (Å²) in [5, 5.41) is 3.20. The van der Waals surface area contributed by atoms with Crippen LogP contribution in [-0.2, 0) is 32.6 Å². The van der Waals surface area contributed by atoms with E-state index in [-0.39, 0.29) is 46.0 Å². The van der Waals surface area contributed by atoms with Crippen molar-refractivity contribution in [2.24, 2.45) is 0 Å². The molecule has 0 aliphatic rings. The van der Waals surface area contributed by atoms with Crippen LogP contribution >= 0.6 is 11.6 Å². The van der Waals surface area contributed by atoms with Gasteiger partial charge in [-0.3, -0.25) is 13.9 Å². The number of carbonyl (C=O) groups is 2. The van der Waals surface area contributed by atoms with Gasteiger partial charge in [0.25, 0.3) is 10.0 Å². The van der Waals surface area contributed by atoms with E-state index in [0.29, 0.717) is 23.6 Å². The SMILES string of the molecule is CCCCNC(=O)[C@@H](Cc1ccccc1)N(Cc1cccc(OC)c1)C(=O)CN(c1cc(Cl)ccc1OC)S(=O)(=O)c1ccc(OC)c(OC)c1. The summed E-state index contributed by atoms with van der Waals surface area (Å²) in [6.45, 7) is 1.71. The van der Waals surface area contributed by atoms with Crippen LogP contribution in [-0.4, -0.2) is 72.7 Å². The third-order valence-corrected chi connectivity index (χ3v) is 10.2. The van der Waals surface area contributed by atoms with Gasteiger partial charge < -0.3 is 29.2 Å². The van der Waals surface area contributed by atoms with Gasteiger partial charge in [0.2, 0.25) is 11.8 Å². The van der Waals surface area contributed by atoms with Crippen LogP contribution in [0.5, 0.6) is 23.0 Å². The van der Waals surface area contributed by atoms with Crippen molar-refractivity contribution in [3.63, 3.8) is 0 Å². The molecule has 0 spiro atoms. The first kappa shape index (κ1) is 38.9. The normalized spacial score (nSPS) is 11.6. The molecular weight excluding hydrogens is 694 g/mol. The highest BCUT2D eigenvalue weighted by Crippen LogP contribution is 2.37. The van der Waals surface area contributed by atoms with E-state index in [4.69, 9.17) is 30.5 Å². The lowest BCUT2D eigenvalue weighted by atomic mass is 10.0. The van der Waals surface area contributed by atoms with E-state index in [1.54, 1.807) is 24.3 Å². The van der Waals surface area contributed by atoms with Crippen LogP contribution in [0.15, 0.2) is 95.9 Å². The maximum atomic E-state index is 14.8. The number of rotatable bonds is 18. The Kier molecular flexibility index (Phi) is 14.0. The van der Waals surface area contributed by atoms with Gasteiger partial charge in [-0.2, -0.15) is 0 Å². The molecule has 0 bridgehead atoms. The number of ether oxygens (including phenoxy) is 4. The maximum Gasteiger partial charge on any atom is 0.265 e. The number of hydrogen-bond donors (Lipinski definition) is 1.